The molecular weight excluding hydrogens is 232 g/mol. The summed E-state index contributed by atoms with van der Waals surface area (Å²) in [7, 11) is -3.40. The van der Waals surface area contributed by atoms with Gasteiger partial charge < -0.3 is 10.1 Å². The number of hydrogen-bond acceptors (Lipinski definition) is 4. The summed E-state index contributed by atoms with van der Waals surface area (Å²) in [5.74, 6) is -0.0665. The maximum absolute atomic E-state index is 11.1. The van der Waals surface area contributed by atoms with E-state index in [0.717, 1.165) is 0 Å². The third-order valence-electron chi connectivity index (χ3n) is 1.52. The fourth-order valence-corrected chi connectivity index (χ4v) is 1.54. The Morgan fingerprint density at radius 2 is 1.88 bits per heavy atom. The normalized spacial score (nSPS) is 12.2. The minimum absolute atomic E-state index is 0.0665. The maximum atomic E-state index is 11.1. The van der Waals surface area contributed by atoms with Gasteiger partial charge in [0.15, 0.2) is 0 Å². The van der Waals surface area contributed by atoms with Gasteiger partial charge in [-0.05, 0) is 33.6 Å². The second-order valence-corrected chi connectivity index (χ2v) is 6.24. The zero-order chi connectivity index (χ0) is 12.8. The molecule has 0 aliphatic rings. The van der Waals surface area contributed by atoms with Gasteiger partial charge in [0.1, 0.15) is 5.60 Å². The van der Waals surface area contributed by atoms with Crippen LogP contribution in [0.4, 0.5) is 4.79 Å². The lowest BCUT2D eigenvalue weighted by Gasteiger charge is -2.19. The molecule has 0 saturated carbocycles. The van der Waals surface area contributed by atoms with Gasteiger partial charge in [0, 0.05) is 6.54 Å². The molecule has 0 aromatic heterocycles. The number of rotatable bonds is 5. The average Bonchev–Trinajstić information content (AvgIpc) is 1.97. The molecule has 6 nitrogen and oxygen atoms in total. The maximum Gasteiger partial charge on any atom is 0.407 e. The Morgan fingerprint density at radius 3 is 2.31 bits per heavy atom. The summed E-state index contributed by atoms with van der Waals surface area (Å²) < 4.78 is 26.2. The lowest BCUT2D eigenvalue weighted by atomic mass is 10.2. The zero-order valence-electron chi connectivity index (χ0n) is 9.95. The smallest absolute Gasteiger partial charge is 0.407 e. The number of nitrogens with one attached hydrogen (secondary N) is 1. The lowest BCUT2D eigenvalue weighted by Crippen LogP contribution is -2.33. The molecule has 16 heavy (non-hydrogen) atoms. The number of hydrogen-bond donors (Lipinski definition) is 2. The van der Waals surface area contributed by atoms with Crippen molar-refractivity contribution in [1.29, 1.82) is 0 Å². The van der Waals surface area contributed by atoms with Gasteiger partial charge in [-0.1, -0.05) is 0 Å². The third kappa shape index (κ3) is 11.3. The van der Waals surface area contributed by atoms with E-state index in [9.17, 15) is 13.2 Å². The molecule has 0 saturated heterocycles. The molecule has 0 atom stereocenters. The molecule has 0 rings (SSSR count). The Hall–Kier alpha value is -0.820. The predicted molar refractivity (Wildman–Crippen MR) is 61.4 cm³/mol. The minimum Gasteiger partial charge on any atom is -0.444 e. The molecule has 0 aliphatic carbocycles. The first kappa shape index (κ1) is 15.2. The van der Waals surface area contributed by atoms with Crippen LogP contribution < -0.4 is 10.5 Å². The largest absolute Gasteiger partial charge is 0.444 e. The number of nitrogens with two attached hydrogens (primary N) is 1. The van der Waals surface area contributed by atoms with Crippen molar-refractivity contribution in [2.75, 3.05) is 12.3 Å². The Kier molecular flexibility index (Phi) is 5.74. The van der Waals surface area contributed by atoms with Crippen molar-refractivity contribution in [3.63, 3.8) is 0 Å². The van der Waals surface area contributed by atoms with Crippen LogP contribution >= 0.6 is 0 Å². The summed E-state index contributed by atoms with van der Waals surface area (Å²) in [6.45, 7) is 5.69. The van der Waals surface area contributed by atoms with E-state index in [2.05, 4.69) is 5.32 Å². The number of alkyl carbamates (subject to hydrolysis) is 1. The number of carbonyl (C=O) groups excluding carboxylic acids is 1. The summed E-state index contributed by atoms with van der Waals surface area (Å²) in [6.07, 6.45) is 0.479. The molecule has 96 valence electrons. The van der Waals surface area contributed by atoms with E-state index >= 15 is 0 Å². The van der Waals surface area contributed by atoms with Crippen molar-refractivity contribution in [3.05, 3.63) is 0 Å². The van der Waals surface area contributed by atoms with E-state index in [1.54, 1.807) is 20.8 Å². The number of primary sulfonamides is 1. The second kappa shape index (κ2) is 6.05. The average molecular weight is 252 g/mol. The van der Waals surface area contributed by atoms with Gasteiger partial charge >= 0.3 is 6.09 Å². The highest BCUT2D eigenvalue weighted by molar-refractivity contribution is 7.89. The van der Waals surface area contributed by atoms with Crippen molar-refractivity contribution in [3.8, 4) is 0 Å². The first-order valence-corrected chi connectivity index (χ1v) is 6.79. The fourth-order valence-electron chi connectivity index (χ4n) is 0.933. The van der Waals surface area contributed by atoms with Crippen LogP contribution in [0.1, 0.15) is 33.6 Å². The van der Waals surface area contributed by atoms with Crippen LogP contribution in [-0.2, 0) is 14.8 Å². The van der Waals surface area contributed by atoms with Gasteiger partial charge in [-0.25, -0.2) is 18.4 Å². The molecule has 3 N–H and O–H groups in total. The number of amides is 1. The van der Waals surface area contributed by atoms with Crippen molar-refractivity contribution in [2.45, 2.75) is 39.2 Å². The van der Waals surface area contributed by atoms with Crippen molar-refractivity contribution in [2.24, 2.45) is 5.14 Å². The van der Waals surface area contributed by atoms with Crippen LogP contribution in [0.5, 0.6) is 0 Å². The number of carbonyl (C=O) groups is 1. The van der Waals surface area contributed by atoms with Crippen LogP contribution in [-0.4, -0.2) is 32.4 Å². The molecule has 1 amide bonds. The van der Waals surface area contributed by atoms with Gasteiger partial charge in [-0.2, -0.15) is 0 Å². The topological polar surface area (TPSA) is 98.5 Å². The SMILES string of the molecule is CC(C)(C)OC(=O)NCCCCS(N)(=O)=O. The fraction of sp³-hybridized carbons (Fsp3) is 0.889. The van der Waals surface area contributed by atoms with Crippen LogP contribution in [0.15, 0.2) is 0 Å². The zero-order valence-corrected chi connectivity index (χ0v) is 10.8. The van der Waals surface area contributed by atoms with Crippen molar-refractivity contribution < 1.29 is 17.9 Å². The lowest BCUT2D eigenvalue weighted by molar-refractivity contribution is 0.0527. The standard InChI is InChI=1S/C9H20N2O4S/c1-9(2,3)15-8(12)11-6-4-5-7-16(10,13)14/h4-7H2,1-3H3,(H,11,12)(H2,10,13,14). The predicted octanol–water partition coefficient (Wildman–Crippen LogP) is 0.580. The quantitative estimate of drug-likeness (QED) is 0.699. The molecule has 0 unspecified atom stereocenters. The van der Waals surface area contributed by atoms with E-state index < -0.39 is 21.7 Å². The van der Waals surface area contributed by atoms with Gasteiger partial charge in [0.2, 0.25) is 10.0 Å². The Labute approximate surface area is 96.6 Å². The first-order chi connectivity index (χ1) is 7.10. The number of unbranched alkanes of at least 4 members (excludes halogenated alkanes) is 1. The summed E-state index contributed by atoms with van der Waals surface area (Å²) in [4.78, 5) is 11.1. The molecular formula is C9H20N2O4S. The van der Waals surface area contributed by atoms with Crippen LogP contribution in [0, 0.1) is 0 Å². The molecule has 0 radical (unpaired) electrons. The second-order valence-electron chi connectivity index (χ2n) is 4.50. The summed E-state index contributed by atoms with van der Waals surface area (Å²) in [6, 6.07) is 0. The molecule has 0 heterocycles. The van der Waals surface area contributed by atoms with Gasteiger partial charge in [0.25, 0.3) is 0 Å². The van der Waals surface area contributed by atoms with Crippen LogP contribution in [0.2, 0.25) is 0 Å². The highest BCUT2D eigenvalue weighted by atomic mass is 32.2. The highest BCUT2D eigenvalue weighted by Gasteiger charge is 2.15. The van der Waals surface area contributed by atoms with E-state index in [1.807, 2.05) is 0 Å². The Morgan fingerprint density at radius 1 is 1.31 bits per heavy atom. The Balaban J connectivity index is 3.57. The van der Waals surface area contributed by atoms with Gasteiger partial charge in [-0.3, -0.25) is 0 Å². The van der Waals surface area contributed by atoms with E-state index in [1.165, 1.54) is 0 Å². The molecule has 7 heteroatoms. The third-order valence-corrected chi connectivity index (χ3v) is 2.38. The monoisotopic (exact) mass is 252 g/mol. The molecule has 0 spiro atoms. The number of ether oxygens (including phenoxy) is 1. The molecule has 0 aliphatic heterocycles. The van der Waals surface area contributed by atoms with Crippen molar-refractivity contribution in [1.82, 2.24) is 5.32 Å². The number of sulfonamides is 1. The van der Waals surface area contributed by atoms with Gasteiger partial charge in [-0.15, -0.1) is 0 Å². The van der Waals surface area contributed by atoms with E-state index in [4.69, 9.17) is 9.88 Å². The first-order valence-electron chi connectivity index (χ1n) is 5.07. The summed E-state index contributed by atoms with van der Waals surface area (Å²) in [5, 5.41) is 7.35. The van der Waals surface area contributed by atoms with Crippen molar-refractivity contribution >= 4 is 16.1 Å². The molecule has 0 aromatic rings. The summed E-state index contributed by atoms with van der Waals surface area (Å²) >= 11 is 0. The van der Waals surface area contributed by atoms with Crippen LogP contribution in [0.3, 0.4) is 0 Å². The van der Waals surface area contributed by atoms with Gasteiger partial charge in [0.05, 0.1) is 5.75 Å². The minimum atomic E-state index is -3.40. The molecule has 0 fully saturated rings. The molecule has 0 bridgehead atoms. The van der Waals surface area contributed by atoms with E-state index in [0.29, 0.717) is 19.4 Å². The summed E-state index contributed by atoms with van der Waals surface area (Å²) in [5.41, 5.74) is -0.523. The highest BCUT2D eigenvalue weighted by Crippen LogP contribution is 2.06. The van der Waals surface area contributed by atoms with Crippen LogP contribution in [0.25, 0.3) is 0 Å². The molecule has 0 aromatic carbocycles. The van der Waals surface area contributed by atoms with E-state index in [-0.39, 0.29) is 5.75 Å². The Bertz CT molecular complexity index is 319.